The van der Waals surface area contributed by atoms with E-state index in [1.54, 1.807) is 6.07 Å². The van der Waals surface area contributed by atoms with E-state index in [4.69, 9.17) is 0 Å². The third kappa shape index (κ3) is 3.18. The summed E-state index contributed by atoms with van der Waals surface area (Å²) >= 11 is 0. The summed E-state index contributed by atoms with van der Waals surface area (Å²) in [6, 6.07) is 3.85. The maximum absolute atomic E-state index is 13.0. The Morgan fingerprint density at radius 1 is 1.19 bits per heavy atom. The fraction of sp³-hybridized carbons (Fsp3) is 0.214. The monoisotopic (exact) mass is 220 g/mol. The number of rotatable bonds is 2. The number of benzene rings is 1. The average Bonchev–Trinajstić information content (AvgIpc) is 2.22. The van der Waals surface area contributed by atoms with Crippen LogP contribution in [0.4, 0.5) is 8.78 Å². The first-order valence-electron chi connectivity index (χ1n) is 5.07. The van der Waals surface area contributed by atoms with Crippen LogP contribution in [0.25, 0.3) is 5.57 Å². The minimum Gasteiger partial charge on any atom is -0.204 e. The molecule has 0 fully saturated rings. The molecule has 0 bridgehead atoms. The van der Waals surface area contributed by atoms with Crippen LogP contribution in [-0.2, 0) is 0 Å². The van der Waals surface area contributed by atoms with Crippen molar-refractivity contribution in [3.63, 3.8) is 0 Å². The lowest BCUT2D eigenvalue weighted by Crippen LogP contribution is -1.86. The van der Waals surface area contributed by atoms with Gasteiger partial charge in [0.15, 0.2) is 11.6 Å². The van der Waals surface area contributed by atoms with Gasteiger partial charge in [0.1, 0.15) is 0 Å². The highest BCUT2D eigenvalue weighted by Crippen LogP contribution is 2.16. The van der Waals surface area contributed by atoms with Gasteiger partial charge in [-0.2, -0.15) is 0 Å². The molecule has 0 unspecified atom stereocenters. The van der Waals surface area contributed by atoms with Gasteiger partial charge in [0, 0.05) is 0 Å². The van der Waals surface area contributed by atoms with E-state index in [0.717, 1.165) is 17.2 Å². The number of halogens is 2. The Morgan fingerprint density at radius 2 is 1.88 bits per heavy atom. The van der Waals surface area contributed by atoms with Crippen LogP contribution in [0.2, 0.25) is 0 Å². The maximum atomic E-state index is 13.0. The predicted molar refractivity (Wildman–Crippen MR) is 63.0 cm³/mol. The molecule has 0 amide bonds. The molecule has 1 rings (SSSR count). The van der Waals surface area contributed by atoms with Gasteiger partial charge in [-0.05, 0) is 49.6 Å². The van der Waals surface area contributed by atoms with Crippen molar-refractivity contribution in [2.24, 2.45) is 0 Å². The number of allylic oxidation sites excluding steroid dienone is 3. The fourth-order valence-electron chi connectivity index (χ4n) is 1.39. The summed E-state index contributed by atoms with van der Waals surface area (Å²) in [4.78, 5) is 0. The van der Waals surface area contributed by atoms with Crippen molar-refractivity contribution in [1.82, 2.24) is 0 Å². The molecule has 0 aliphatic heterocycles. The van der Waals surface area contributed by atoms with Gasteiger partial charge >= 0.3 is 0 Å². The summed E-state index contributed by atoms with van der Waals surface area (Å²) in [7, 11) is 0. The highest BCUT2D eigenvalue weighted by atomic mass is 19.2. The van der Waals surface area contributed by atoms with Crippen LogP contribution >= 0.6 is 0 Å². The Bertz CT molecular complexity index is 476. The lowest BCUT2D eigenvalue weighted by atomic mass is 10.1. The normalized spacial score (nSPS) is 10.3. The molecule has 0 aromatic heterocycles. The Labute approximate surface area is 94.6 Å². The molecule has 0 aliphatic carbocycles. The molecule has 0 atom stereocenters. The van der Waals surface area contributed by atoms with E-state index in [9.17, 15) is 8.78 Å². The lowest BCUT2D eigenvalue weighted by Gasteiger charge is -1.99. The molecule has 16 heavy (non-hydrogen) atoms. The van der Waals surface area contributed by atoms with Gasteiger partial charge in [-0.15, -0.1) is 5.73 Å². The molecular weight excluding hydrogens is 206 g/mol. The quantitative estimate of drug-likeness (QED) is 0.509. The standard InChI is InChI=1S/C14H14F2/c1-4-5-10(2)8-11(3)12-6-7-13(15)14(16)9-12/h4-7,9H,1-3H3/b5-4+. The number of hydrogen-bond donors (Lipinski definition) is 0. The van der Waals surface area contributed by atoms with Crippen LogP contribution in [0.15, 0.2) is 41.7 Å². The van der Waals surface area contributed by atoms with Crippen LogP contribution in [0, 0.1) is 11.6 Å². The molecule has 84 valence electrons. The van der Waals surface area contributed by atoms with Gasteiger partial charge in [-0.3, -0.25) is 0 Å². The highest BCUT2D eigenvalue weighted by molar-refractivity contribution is 5.63. The highest BCUT2D eigenvalue weighted by Gasteiger charge is 2.03. The molecule has 0 N–H and O–H groups in total. The van der Waals surface area contributed by atoms with Crippen LogP contribution in [-0.4, -0.2) is 0 Å². The average molecular weight is 220 g/mol. The van der Waals surface area contributed by atoms with Gasteiger partial charge < -0.3 is 0 Å². The van der Waals surface area contributed by atoms with Gasteiger partial charge in [-0.25, -0.2) is 8.78 Å². The van der Waals surface area contributed by atoms with Crippen LogP contribution in [0.3, 0.4) is 0 Å². The molecule has 0 radical (unpaired) electrons. The second-order valence-corrected chi connectivity index (χ2v) is 3.56. The second-order valence-electron chi connectivity index (χ2n) is 3.56. The van der Waals surface area contributed by atoms with Gasteiger partial charge in [-0.1, -0.05) is 18.2 Å². The molecule has 0 nitrogen and oxygen atoms in total. The smallest absolute Gasteiger partial charge is 0.159 e. The van der Waals surface area contributed by atoms with E-state index in [2.05, 4.69) is 5.73 Å². The molecule has 1 aromatic rings. The Balaban J connectivity index is 3.19. The minimum absolute atomic E-state index is 0.641. The first-order chi connectivity index (χ1) is 7.54. The third-order valence-electron chi connectivity index (χ3n) is 2.15. The van der Waals surface area contributed by atoms with E-state index in [-0.39, 0.29) is 0 Å². The van der Waals surface area contributed by atoms with Gasteiger partial charge in [0.2, 0.25) is 0 Å². The zero-order valence-electron chi connectivity index (χ0n) is 9.64. The van der Waals surface area contributed by atoms with E-state index in [1.807, 2.05) is 32.9 Å². The van der Waals surface area contributed by atoms with Crippen molar-refractivity contribution < 1.29 is 8.78 Å². The molecule has 0 spiro atoms. The first kappa shape index (κ1) is 12.4. The third-order valence-corrected chi connectivity index (χ3v) is 2.15. The molecule has 0 aliphatic rings. The molecule has 0 saturated heterocycles. The molecule has 2 heteroatoms. The Morgan fingerprint density at radius 3 is 2.44 bits per heavy atom. The Hall–Kier alpha value is -1.66. The lowest BCUT2D eigenvalue weighted by molar-refractivity contribution is 0.508. The SMILES string of the molecule is C/C=C/C(C)=C=C(C)c1ccc(F)c(F)c1. The van der Waals surface area contributed by atoms with Crippen molar-refractivity contribution in [1.29, 1.82) is 0 Å². The number of hydrogen-bond acceptors (Lipinski definition) is 0. The van der Waals surface area contributed by atoms with E-state index < -0.39 is 11.6 Å². The summed E-state index contributed by atoms with van der Waals surface area (Å²) in [6.07, 6.45) is 3.81. The van der Waals surface area contributed by atoms with Crippen LogP contribution in [0.1, 0.15) is 26.3 Å². The van der Waals surface area contributed by atoms with E-state index >= 15 is 0 Å². The van der Waals surface area contributed by atoms with Crippen LogP contribution in [0.5, 0.6) is 0 Å². The summed E-state index contributed by atoms with van der Waals surface area (Å²) in [5.74, 6) is -1.66. The van der Waals surface area contributed by atoms with Gasteiger partial charge in [0.25, 0.3) is 0 Å². The molecule has 1 aromatic carbocycles. The summed E-state index contributed by atoms with van der Waals surface area (Å²) in [6.45, 7) is 5.64. The largest absolute Gasteiger partial charge is 0.204 e. The van der Waals surface area contributed by atoms with Crippen molar-refractivity contribution in [2.75, 3.05) is 0 Å². The van der Waals surface area contributed by atoms with Crippen LogP contribution < -0.4 is 0 Å². The topological polar surface area (TPSA) is 0 Å². The molecule has 0 saturated carbocycles. The van der Waals surface area contributed by atoms with Crippen molar-refractivity contribution in [3.05, 3.63) is 58.9 Å². The Kier molecular flexibility index (Phi) is 4.21. The predicted octanol–water partition coefficient (Wildman–Crippen LogP) is 4.49. The zero-order valence-corrected chi connectivity index (χ0v) is 9.64. The second kappa shape index (κ2) is 5.43. The van der Waals surface area contributed by atoms with E-state index in [0.29, 0.717) is 5.56 Å². The van der Waals surface area contributed by atoms with Crippen molar-refractivity contribution in [3.8, 4) is 0 Å². The fourth-order valence-corrected chi connectivity index (χ4v) is 1.39. The van der Waals surface area contributed by atoms with E-state index in [1.165, 1.54) is 6.07 Å². The summed E-state index contributed by atoms with van der Waals surface area (Å²) in [5.41, 5.74) is 5.48. The first-order valence-corrected chi connectivity index (χ1v) is 5.07. The molecular formula is C14H14F2. The summed E-state index contributed by atoms with van der Waals surface area (Å²) in [5, 5.41) is 0. The van der Waals surface area contributed by atoms with Crippen molar-refractivity contribution >= 4 is 5.57 Å². The summed E-state index contributed by atoms with van der Waals surface area (Å²) < 4.78 is 25.7. The maximum Gasteiger partial charge on any atom is 0.159 e. The van der Waals surface area contributed by atoms with Gasteiger partial charge in [0.05, 0.1) is 0 Å². The van der Waals surface area contributed by atoms with Crippen molar-refractivity contribution in [2.45, 2.75) is 20.8 Å². The minimum atomic E-state index is -0.831. The molecule has 0 heterocycles. The zero-order chi connectivity index (χ0) is 12.1.